The number of thiazole rings is 1. The molecule has 0 aliphatic heterocycles. The quantitative estimate of drug-likeness (QED) is 0.617. The van der Waals surface area contributed by atoms with Crippen molar-refractivity contribution in [2.45, 2.75) is 70.9 Å². The minimum absolute atomic E-state index is 0.0118. The van der Waals surface area contributed by atoms with Gasteiger partial charge in [-0.25, -0.2) is 4.98 Å². The molecule has 3 aliphatic carbocycles. The smallest absolute Gasteiger partial charge is 0.236 e. The van der Waals surface area contributed by atoms with Crippen molar-refractivity contribution in [3.8, 4) is 0 Å². The minimum Gasteiger partial charge on any atom is -0.392 e. The molecule has 166 valence electrons. The highest BCUT2D eigenvalue weighted by Crippen LogP contribution is 2.57. The summed E-state index contributed by atoms with van der Waals surface area (Å²) in [5, 5.41) is 18.1. The molecule has 6 nitrogen and oxygen atoms in total. The number of hydrogen-bond donors (Lipinski definition) is 3. The number of carbonyl (C=O) groups is 2. The standard InChI is InChI=1S/C22H33N3O3S2/c1-11(20(28)23-13-5-6-13)14-7-8-22(3)9-15-18(12(2)17(22)19(14)27)25-21(30-15)24-16(26)10-29-4/h11-14,17,19,27H,5-10H2,1-4H3,(H,23,28)(H,24,25,26)/t11-,12-,14?,17+,19-,22-/m0/s1. The average Bonchev–Trinajstić information content (AvgIpc) is 3.39. The monoisotopic (exact) mass is 451 g/mol. The van der Waals surface area contributed by atoms with Crippen LogP contribution in [0.25, 0.3) is 0 Å². The Morgan fingerprint density at radius 1 is 1.37 bits per heavy atom. The van der Waals surface area contributed by atoms with Gasteiger partial charge in [-0.1, -0.05) is 20.8 Å². The highest BCUT2D eigenvalue weighted by Gasteiger charge is 2.54. The molecule has 3 N–H and O–H groups in total. The molecule has 30 heavy (non-hydrogen) atoms. The first-order valence-corrected chi connectivity index (χ1v) is 13.2. The van der Waals surface area contributed by atoms with Gasteiger partial charge in [0.15, 0.2) is 5.13 Å². The maximum atomic E-state index is 12.6. The molecule has 6 atom stereocenters. The number of hydrogen-bond acceptors (Lipinski definition) is 6. The molecule has 8 heteroatoms. The maximum Gasteiger partial charge on any atom is 0.236 e. The van der Waals surface area contributed by atoms with E-state index in [0.29, 0.717) is 16.9 Å². The lowest BCUT2D eigenvalue weighted by Crippen LogP contribution is -2.53. The number of carbonyl (C=O) groups excluding carboxylic acids is 2. The van der Waals surface area contributed by atoms with Gasteiger partial charge in [-0.05, 0) is 55.6 Å². The van der Waals surface area contributed by atoms with E-state index in [-0.39, 0.29) is 40.9 Å². The van der Waals surface area contributed by atoms with Crippen molar-refractivity contribution in [1.29, 1.82) is 0 Å². The van der Waals surface area contributed by atoms with E-state index in [1.807, 2.05) is 13.2 Å². The summed E-state index contributed by atoms with van der Waals surface area (Å²) < 4.78 is 0. The van der Waals surface area contributed by atoms with Crippen LogP contribution in [-0.2, 0) is 16.0 Å². The molecule has 1 unspecified atom stereocenters. The lowest BCUT2D eigenvalue weighted by atomic mass is 9.53. The zero-order chi connectivity index (χ0) is 21.6. The molecular weight excluding hydrogens is 418 g/mol. The van der Waals surface area contributed by atoms with Gasteiger partial charge in [0, 0.05) is 22.8 Å². The molecule has 4 rings (SSSR count). The Bertz CT molecular complexity index is 825. The first-order valence-electron chi connectivity index (χ1n) is 11.0. The zero-order valence-electron chi connectivity index (χ0n) is 18.2. The fraction of sp³-hybridized carbons (Fsp3) is 0.773. The summed E-state index contributed by atoms with van der Waals surface area (Å²) in [4.78, 5) is 30.6. The van der Waals surface area contributed by atoms with E-state index in [1.165, 1.54) is 16.6 Å². The molecule has 0 aromatic carbocycles. The summed E-state index contributed by atoms with van der Waals surface area (Å²) in [6, 6.07) is 0.344. The second-order valence-electron chi connectivity index (χ2n) is 9.72. The summed E-state index contributed by atoms with van der Waals surface area (Å²) >= 11 is 3.07. The molecule has 2 fully saturated rings. The Kier molecular flexibility index (Phi) is 6.21. The molecule has 3 aliphatic rings. The van der Waals surface area contributed by atoms with E-state index in [2.05, 4.69) is 24.5 Å². The van der Waals surface area contributed by atoms with Crippen LogP contribution in [0, 0.1) is 23.2 Å². The van der Waals surface area contributed by atoms with Gasteiger partial charge in [-0.2, -0.15) is 11.8 Å². The second kappa shape index (κ2) is 8.43. The first kappa shape index (κ1) is 22.1. The van der Waals surface area contributed by atoms with Crippen molar-refractivity contribution in [3.05, 3.63) is 10.6 Å². The van der Waals surface area contributed by atoms with Gasteiger partial charge in [-0.3, -0.25) is 9.59 Å². The van der Waals surface area contributed by atoms with Gasteiger partial charge in [-0.15, -0.1) is 11.3 Å². The predicted octanol–water partition coefficient (Wildman–Crippen LogP) is 3.41. The highest BCUT2D eigenvalue weighted by atomic mass is 32.2. The number of nitrogens with zero attached hydrogens (tertiary/aromatic N) is 1. The van der Waals surface area contributed by atoms with Crippen LogP contribution in [0.1, 0.15) is 62.9 Å². The van der Waals surface area contributed by atoms with Crippen LogP contribution in [-0.4, -0.2) is 46.1 Å². The molecule has 2 saturated carbocycles. The number of aliphatic hydroxyl groups excluding tert-OH is 1. The molecule has 0 radical (unpaired) electrons. The normalized spacial score (nSPS) is 33.9. The second-order valence-corrected chi connectivity index (χ2v) is 11.7. The third-order valence-corrected chi connectivity index (χ3v) is 8.96. The van der Waals surface area contributed by atoms with Crippen LogP contribution < -0.4 is 10.6 Å². The van der Waals surface area contributed by atoms with E-state index >= 15 is 0 Å². The average molecular weight is 452 g/mol. The van der Waals surface area contributed by atoms with Gasteiger partial charge >= 0.3 is 0 Å². The van der Waals surface area contributed by atoms with Gasteiger partial charge in [0.2, 0.25) is 11.8 Å². The van der Waals surface area contributed by atoms with Crippen molar-refractivity contribution < 1.29 is 14.7 Å². The molecule has 1 aromatic rings. The SMILES string of the molecule is CSCC(=O)Nc1nc2c(s1)C[C@]1(C)CCC([C@H](C)C(=O)NC3CC3)[C@H](O)[C@H]1[C@@H]2C. The Hall–Kier alpha value is -1.12. The molecule has 0 spiro atoms. The largest absolute Gasteiger partial charge is 0.392 e. The number of anilines is 1. The molecule has 0 saturated heterocycles. The fourth-order valence-electron chi connectivity index (χ4n) is 5.64. The summed E-state index contributed by atoms with van der Waals surface area (Å²) in [6.07, 6.45) is 6.27. The van der Waals surface area contributed by atoms with E-state index in [9.17, 15) is 14.7 Å². The summed E-state index contributed by atoms with van der Waals surface area (Å²) in [6.45, 7) is 6.39. The van der Waals surface area contributed by atoms with Crippen LogP contribution in [0.2, 0.25) is 0 Å². The van der Waals surface area contributed by atoms with E-state index < -0.39 is 6.10 Å². The van der Waals surface area contributed by atoms with Gasteiger partial charge < -0.3 is 15.7 Å². The third kappa shape index (κ3) is 4.15. The maximum absolute atomic E-state index is 12.6. The molecule has 1 aromatic heterocycles. The molecule has 1 heterocycles. The lowest BCUT2D eigenvalue weighted by molar-refractivity contribution is -0.134. The van der Waals surface area contributed by atoms with E-state index in [1.54, 1.807) is 11.3 Å². The van der Waals surface area contributed by atoms with Gasteiger partial charge in [0.1, 0.15) is 0 Å². The minimum atomic E-state index is -0.525. The highest BCUT2D eigenvalue weighted by molar-refractivity contribution is 7.99. The summed E-state index contributed by atoms with van der Waals surface area (Å²) in [7, 11) is 0. The Balaban J connectivity index is 1.53. The lowest BCUT2D eigenvalue weighted by Gasteiger charge is -2.53. The number of aliphatic hydroxyl groups is 1. The number of fused-ring (bicyclic) bond motifs is 2. The number of thioether (sulfide) groups is 1. The first-order chi connectivity index (χ1) is 14.2. The Morgan fingerprint density at radius 3 is 2.77 bits per heavy atom. The Morgan fingerprint density at radius 2 is 2.10 bits per heavy atom. The number of aromatic nitrogens is 1. The van der Waals surface area contributed by atoms with Crippen LogP contribution in [0.4, 0.5) is 5.13 Å². The molecular formula is C22H33N3O3S2. The van der Waals surface area contributed by atoms with Gasteiger partial charge in [0.25, 0.3) is 0 Å². The predicted molar refractivity (Wildman–Crippen MR) is 122 cm³/mol. The van der Waals surface area contributed by atoms with Crippen LogP contribution in [0.3, 0.4) is 0 Å². The topological polar surface area (TPSA) is 91.3 Å². The summed E-state index contributed by atoms with van der Waals surface area (Å²) in [5.74, 6) is 0.430. The number of amides is 2. The van der Waals surface area contributed by atoms with E-state index in [4.69, 9.17) is 4.98 Å². The number of rotatable bonds is 6. The van der Waals surface area contributed by atoms with Crippen LogP contribution >= 0.6 is 23.1 Å². The van der Waals surface area contributed by atoms with Crippen molar-refractivity contribution in [2.75, 3.05) is 17.3 Å². The number of nitrogens with one attached hydrogen (secondary N) is 2. The third-order valence-electron chi connectivity index (χ3n) is 7.42. The van der Waals surface area contributed by atoms with E-state index in [0.717, 1.165) is 37.8 Å². The van der Waals surface area contributed by atoms with Crippen LogP contribution in [0.15, 0.2) is 0 Å². The van der Waals surface area contributed by atoms with Crippen molar-refractivity contribution >= 4 is 40.0 Å². The van der Waals surface area contributed by atoms with Crippen LogP contribution in [0.5, 0.6) is 0 Å². The van der Waals surface area contributed by atoms with Gasteiger partial charge in [0.05, 0.1) is 17.6 Å². The molecule has 0 bridgehead atoms. The molecule has 2 amide bonds. The van der Waals surface area contributed by atoms with Crippen molar-refractivity contribution in [3.63, 3.8) is 0 Å². The van der Waals surface area contributed by atoms with Crippen molar-refractivity contribution in [1.82, 2.24) is 10.3 Å². The zero-order valence-corrected chi connectivity index (χ0v) is 19.9. The Labute approximate surface area is 187 Å². The van der Waals surface area contributed by atoms with Crippen molar-refractivity contribution in [2.24, 2.45) is 23.2 Å². The summed E-state index contributed by atoms with van der Waals surface area (Å²) in [5.41, 5.74) is 0.999. The fourth-order valence-corrected chi connectivity index (χ4v) is 7.26.